The van der Waals surface area contributed by atoms with Crippen molar-refractivity contribution < 1.29 is 53.7 Å². The summed E-state index contributed by atoms with van der Waals surface area (Å²) in [5.74, 6) is -5.80. The minimum atomic E-state index is -1.37. The van der Waals surface area contributed by atoms with Gasteiger partial charge in [0.05, 0.1) is 53.7 Å². The van der Waals surface area contributed by atoms with Crippen molar-refractivity contribution in [1.29, 1.82) is 0 Å². The molecule has 0 saturated carbocycles. The standard InChI is InChI=1S/C43H72O11/c1-12-30(35(46)27(8)34(45)28(9)36-23(4)21-24(5)37(51-36)31(13-2)39(47)48)38-25(6)22-26(7)42(52-38)18-15-32(44)43(54-42)20-19-40(11,53-43)33-16-17-41(49,14-3)29(10)50-33/h15,18,23-34,36-38,44-45,49H,12-14,16-17,19-22H2,1-11H3,(H,47,48)/t23-,24-,25-,26+,27-,28+,29-,30-,31-,32-,33-,34+,36-,37+,38+,40+,41+,42-,43-/m0/s1. The third kappa shape index (κ3) is 7.88. The van der Waals surface area contributed by atoms with Crippen molar-refractivity contribution in [2.24, 2.45) is 47.3 Å². The normalized spacial score (nSPS) is 46.9. The second-order valence-corrected chi connectivity index (χ2v) is 18.5. The molecule has 0 aromatic carbocycles. The van der Waals surface area contributed by atoms with Gasteiger partial charge in [0, 0.05) is 30.1 Å². The molecule has 11 nitrogen and oxygen atoms in total. The number of ketones is 1. The van der Waals surface area contributed by atoms with E-state index in [4.69, 9.17) is 23.7 Å². The highest BCUT2D eigenvalue weighted by atomic mass is 16.8. The van der Waals surface area contributed by atoms with Crippen LogP contribution in [0.3, 0.4) is 0 Å². The van der Waals surface area contributed by atoms with E-state index < -0.39 is 76.8 Å². The summed E-state index contributed by atoms with van der Waals surface area (Å²) in [5, 5.41) is 44.2. The topological polar surface area (TPSA) is 161 Å². The van der Waals surface area contributed by atoms with E-state index in [0.29, 0.717) is 51.4 Å². The number of ether oxygens (including phenoxy) is 5. The van der Waals surface area contributed by atoms with Crippen molar-refractivity contribution in [2.45, 2.75) is 199 Å². The number of aliphatic carboxylic acids is 1. The lowest BCUT2D eigenvalue weighted by atomic mass is 9.72. The Bertz CT molecular complexity index is 1360. The average Bonchev–Trinajstić information content (AvgIpc) is 3.47. The molecule has 5 rings (SSSR count). The first-order valence-corrected chi connectivity index (χ1v) is 21.1. The van der Waals surface area contributed by atoms with Crippen LogP contribution in [0, 0.1) is 47.3 Å². The van der Waals surface area contributed by atoms with E-state index in [1.165, 1.54) is 0 Å². The van der Waals surface area contributed by atoms with Crippen molar-refractivity contribution >= 4 is 11.8 Å². The predicted molar refractivity (Wildman–Crippen MR) is 203 cm³/mol. The van der Waals surface area contributed by atoms with Crippen LogP contribution < -0.4 is 0 Å². The molecule has 0 amide bonds. The summed E-state index contributed by atoms with van der Waals surface area (Å²) in [7, 11) is 0. The SMILES string of the molecule is CC[C@H](C(=O)O)[C@@H]1O[C@H]([C@H](C)[C@H](O)[C@H](C)C(=O)[C@H](CC)[C@@H]2O[C@]3(C=C[C@H](O)[C@]4(CC[C@](C)([C@@H]5CC[C@](O)(CC)[C@H](C)O5)O4)O3)[C@H](C)C[C@@H]2C)[C@@H](C)C[C@@H]1C. The fourth-order valence-corrected chi connectivity index (χ4v) is 10.9. The molecule has 2 spiro atoms. The number of aliphatic hydroxyl groups excluding tert-OH is 2. The van der Waals surface area contributed by atoms with Crippen LogP contribution in [0.15, 0.2) is 12.2 Å². The zero-order valence-electron chi connectivity index (χ0n) is 34.8. The zero-order valence-corrected chi connectivity index (χ0v) is 34.8. The third-order valence-corrected chi connectivity index (χ3v) is 14.8. The van der Waals surface area contributed by atoms with Crippen LogP contribution in [0.4, 0.5) is 0 Å². The smallest absolute Gasteiger partial charge is 0.309 e. The second-order valence-electron chi connectivity index (χ2n) is 18.5. The summed E-state index contributed by atoms with van der Waals surface area (Å²) in [6, 6.07) is 0. The molecule has 4 fully saturated rings. The molecule has 4 N–H and O–H groups in total. The van der Waals surface area contributed by atoms with Gasteiger partial charge >= 0.3 is 5.97 Å². The number of carboxylic acids is 1. The molecule has 0 unspecified atom stereocenters. The van der Waals surface area contributed by atoms with Gasteiger partial charge in [-0.1, -0.05) is 62.3 Å². The molecule has 5 aliphatic rings. The zero-order chi connectivity index (χ0) is 40.1. The molecule has 310 valence electrons. The van der Waals surface area contributed by atoms with Gasteiger partial charge in [-0.2, -0.15) is 0 Å². The van der Waals surface area contributed by atoms with Crippen LogP contribution in [0.2, 0.25) is 0 Å². The Hall–Kier alpha value is -1.44. The van der Waals surface area contributed by atoms with Gasteiger partial charge in [-0.25, -0.2) is 0 Å². The minimum absolute atomic E-state index is 0.0104. The lowest BCUT2D eigenvalue weighted by Crippen LogP contribution is -2.63. The molecule has 5 heterocycles. The van der Waals surface area contributed by atoms with Crippen LogP contribution in [0.5, 0.6) is 0 Å². The van der Waals surface area contributed by atoms with Crippen LogP contribution in [-0.2, 0) is 33.3 Å². The van der Waals surface area contributed by atoms with Gasteiger partial charge in [0.15, 0.2) is 5.79 Å². The van der Waals surface area contributed by atoms with E-state index in [-0.39, 0.29) is 47.8 Å². The summed E-state index contributed by atoms with van der Waals surface area (Å²) in [5.41, 5.74) is -1.63. The molecular weight excluding hydrogens is 692 g/mol. The van der Waals surface area contributed by atoms with Gasteiger partial charge in [0.25, 0.3) is 0 Å². The maximum atomic E-state index is 14.5. The number of rotatable bonds is 12. The fourth-order valence-electron chi connectivity index (χ4n) is 10.9. The van der Waals surface area contributed by atoms with Gasteiger partial charge in [-0.15, -0.1) is 0 Å². The number of carbonyl (C=O) groups excluding carboxylic acids is 1. The number of hydrogen-bond donors (Lipinski definition) is 4. The lowest BCUT2D eigenvalue weighted by Gasteiger charge is -2.54. The van der Waals surface area contributed by atoms with E-state index >= 15 is 0 Å². The van der Waals surface area contributed by atoms with E-state index in [2.05, 4.69) is 20.8 Å². The number of carboxylic acid groups (broad SMARTS) is 1. The summed E-state index contributed by atoms with van der Waals surface area (Å²) >= 11 is 0. The maximum Gasteiger partial charge on any atom is 0.309 e. The Kier molecular flexibility index (Phi) is 13.3. The first-order valence-electron chi connectivity index (χ1n) is 21.1. The predicted octanol–water partition coefficient (Wildman–Crippen LogP) is 6.43. The Morgan fingerprint density at radius 2 is 1.48 bits per heavy atom. The molecule has 5 aliphatic heterocycles. The van der Waals surface area contributed by atoms with Crippen molar-refractivity contribution in [3.63, 3.8) is 0 Å². The molecule has 0 aliphatic carbocycles. The van der Waals surface area contributed by atoms with E-state index in [1.807, 2.05) is 48.5 Å². The highest BCUT2D eigenvalue weighted by molar-refractivity contribution is 5.84. The van der Waals surface area contributed by atoms with Gasteiger partial charge < -0.3 is 44.1 Å². The maximum absolute atomic E-state index is 14.5. The number of hydrogen-bond acceptors (Lipinski definition) is 10. The Morgan fingerprint density at radius 3 is 2.07 bits per heavy atom. The largest absolute Gasteiger partial charge is 0.481 e. The van der Waals surface area contributed by atoms with Gasteiger partial charge in [-0.05, 0) is 95.1 Å². The molecule has 0 aromatic rings. The van der Waals surface area contributed by atoms with Crippen molar-refractivity contribution in [2.75, 3.05) is 0 Å². The molecule has 19 atom stereocenters. The lowest BCUT2D eigenvalue weighted by molar-refractivity contribution is -0.409. The van der Waals surface area contributed by atoms with Gasteiger partial charge in [0.1, 0.15) is 11.9 Å². The van der Waals surface area contributed by atoms with E-state index in [1.54, 1.807) is 19.1 Å². The Morgan fingerprint density at radius 1 is 0.852 bits per heavy atom. The highest BCUT2D eigenvalue weighted by Crippen LogP contribution is 2.54. The highest BCUT2D eigenvalue weighted by Gasteiger charge is 2.63. The first kappa shape index (κ1) is 43.7. The van der Waals surface area contributed by atoms with E-state index in [9.17, 15) is 30.0 Å². The fraction of sp³-hybridized carbons (Fsp3) is 0.907. The average molecular weight is 765 g/mol. The molecule has 0 aromatic heterocycles. The second kappa shape index (κ2) is 16.4. The Balaban J connectivity index is 1.32. The van der Waals surface area contributed by atoms with Crippen molar-refractivity contribution in [1.82, 2.24) is 0 Å². The Labute approximate surface area is 323 Å². The molecule has 0 radical (unpaired) electrons. The summed E-state index contributed by atoms with van der Waals surface area (Å²) in [6.45, 7) is 21.7. The first-order chi connectivity index (χ1) is 25.2. The number of Topliss-reactive ketones (excluding diaryl/α,β-unsaturated/α-hetero) is 1. The van der Waals surface area contributed by atoms with Crippen LogP contribution in [0.25, 0.3) is 0 Å². The quantitative estimate of drug-likeness (QED) is 0.162. The summed E-state index contributed by atoms with van der Waals surface area (Å²) < 4.78 is 33.6. The van der Waals surface area contributed by atoms with Gasteiger partial charge in [-0.3, -0.25) is 9.59 Å². The van der Waals surface area contributed by atoms with Crippen LogP contribution in [-0.4, -0.2) is 97.7 Å². The molecule has 11 heteroatoms. The van der Waals surface area contributed by atoms with Gasteiger partial charge in [0.2, 0.25) is 5.79 Å². The molecular formula is C43H72O11. The number of carbonyl (C=O) groups is 2. The van der Waals surface area contributed by atoms with Crippen LogP contribution >= 0.6 is 0 Å². The van der Waals surface area contributed by atoms with Crippen molar-refractivity contribution in [3.8, 4) is 0 Å². The molecule has 0 bridgehead atoms. The number of aliphatic hydroxyl groups is 3. The van der Waals surface area contributed by atoms with Crippen molar-refractivity contribution in [3.05, 3.63) is 12.2 Å². The third-order valence-electron chi connectivity index (χ3n) is 14.8. The minimum Gasteiger partial charge on any atom is -0.481 e. The summed E-state index contributed by atoms with van der Waals surface area (Å²) in [6.07, 6.45) is 4.75. The molecule has 54 heavy (non-hydrogen) atoms. The van der Waals surface area contributed by atoms with E-state index in [0.717, 1.165) is 6.42 Å². The monoisotopic (exact) mass is 765 g/mol. The molecule has 4 saturated heterocycles. The summed E-state index contributed by atoms with van der Waals surface area (Å²) in [4.78, 5) is 26.6. The van der Waals surface area contributed by atoms with Crippen LogP contribution in [0.1, 0.15) is 134 Å².